The molecular weight excluding hydrogens is 473 g/mol. The van der Waals surface area contributed by atoms with Crippen LogP contribution in [0.4, 0.5) is 10.1 Å². The maximum Gasteiger partial charge on any atom is 0.279 e. The van der Waals surface area contributed by atoms with Gasteiger partial charge in [0.05, 0.1) is 16.4 Å². The van der Waals surface area contributed by atoms with Crippen molar-refractivity contribution in [1.29, 1.82) is 0 Å². The SMILES string of the molecule is CCS(=O)(=O)Nc1ccc(C2=NN(S(=O)(=O)c3cccc(F)c3)[C@H](c3cccs3)C2)cc1. The number of halogens is 1. The zero-order valence-corrected chi connectivity index (χ0v) is 19.4. The Morgan fingerprint density at radius 3 is 2.47 bits per heavy atom. The van der Waals surface area contributed by atoms with Crippen LogP contribution in [0.3, 0.4) is 0 Å². The Balaban J connectivity index is 1.70. The van der Waals surface area contributed by atoms with Crippen LogP contribution in [0.2, 0.25) is 0 Å². The van der Waals surface area contributed by atoms with E-state index in [0.29, 0.717) is 23.4 Å². The number of rotatable bonds is 7. The van der Waals surface area contributed by atoms with Gasteiger partial charge in [-0.25, -0.2) is 12.8 Å². The van der Waals surface area contributed by atoms with Crippen LogP contribution in [0, 0.1) is 5.82 Å². The lowest BCUT2D eigenvalue weighted by molar-refractivity contribution is 0.375. The first-order valence-electron chi connectivity index (χ1n) is 9.71. The average molecular weight is 494 g/mol. The molecular formula is C21H20FN3O4S3. The second-order valence-electron chi connectivity index (χ2n) is 7.10. The van der Waals surface area contributed by atoms with Crippen LogP contribution in [0.15, 0.2) is 76.0 Å². The predicted molar refractivity (Wildman–Crippen MR) is 123 cm³/mol. The fourth-order valence-electron chi connectivity index (χ4n) is 3.30. The van der Waals surface area contributed by atoms with Crippen molar-refractivity contribution in [2.75, 3.05) is 10.5 Å². The van der Waals surface area contributed by atoms with Crippen molar-refractivity contribution >= 4 is 42.8 Å². The molecule has 1 aromatic heterocycles. The van der Waals surface area contributed by atoms with Crippen molar-refractivity contribution in [3.8, 4) is 0 Å². The molecule has 4 rings (SSSR count). The number of hydrazone groups is 1. The fraction of sp³-hybridized carbons (Fsp3) is 0.190. The first kappa shape index (κ1) is 22.4. The molecule has 2 heterocycles. The van der Waals surface area contributed by atoms with Crippen molar-refractivity contribution in [3.05, 3.63) is 82.3 Å². The quantitative estimate of drug-likeness (QED) is 0.534. The highest BCUT2D eigenvalue weighted by Crippen LogP contribution is 2.39. The molecule has 0 spiro atoms. The van der Waals surface area contributed by atoms with E-state index in [1.54, 1.807) is 31.2 Å². The van der Waals surface area contributed by atoms with Gasteiger partial charge < -0.3 is 0 Å². The van der Waals surface area contributed by atoms with Crippen LogP contribution >= 0.6 is 11.3 Å². The highest BCUT2D eigenvalue weighted by atomic mass is 32.2. The molecule has 168 valence electrons. The number of benzene rings is 2. The van der Waals surface area contributed by atoms with E-state index in [1.807, 2.05) is 17.5 Å². The number of hydrogen-bond acceptors (Lipinski definition) is 6. The molecule has 0 unspecified atom stereocenters. The molecule has 0 aliphatic carbocycles. The molecule has 2 aromatic carbocycles. The summed E-state index contributed by atoms with van der Waals surface area (Å²) in [5, 5.41) is 6.26. The van der Waals surface area contributed by atoms with Crippen LogP contribution in [0.1, 0.15) is 29.8 Å². The number of anilines is 1. The Labute approximate surface area is 190 Å². The second-order valence-corrected chi connectivity index (χ2v) is 11.9. The van der Waals surface area contributed by atoms with Gasteiger partial charge in [-0.05, 0) is 54.3 Å². The van der Waals surface area contributed by atoms with E-state index in [-0.39, 0.29) is 10.6 Å². The third kappa shape index (κ3) is 4.54. The van der Waals surface area contributed by atoms with Crippen LogP contribution in [0.25, 0.3) is 0 Å². The van der Waals surface area contributed by atoms with Gasteiger partial charge >= 0.3 is 0 Å². The lowest BCUT2D eigenvalue weighted by atomic mass is 10.0. The summed E-state index contributed by atoms with van der Waals surface area (Å²) in [7, 11) is -7.49. The maximum absolute atomic E-state index is 13.7. The summed E-state index contributed by atoms with van der Waals surface area (Å²) in [6, 6.07) is 14.5. The van der Waals surface area contributed by atoms with E-state index in [9.17, 15) is 21.2 Å². The van der Waals surface area contributed by atoms with Crippen LogP contribution in [0.5, 0.6) is 0 Å². The number of sulfonamides is 2. The molecule has 0 amide bonds. The van der Waals surface area contributed by atoms with E-state index in [4.69, 9.17) is 0 Å². The molecule has 1 atom stereocenters. The molecule has 1 aliphatic rings. The summed E-state index contributed by atoms with van der Waals surface area (Å²) in [6.45, 7) is 1.54. The summed E-state index contributed by atoms with van der Waals surface area (Å²) in [5.41, 5.74) is 1.62. The van der Waals surface area contributed by atoms with Crippen molar-refractivity contribution in [1.82, 2.24) is 4.41 Å². The molecule has 0 saturated carbocycles. The summed E-state index contributed by atoms with van der Waals surface area (Å²) < 4.78 is 67.3. The number of thiophene rings is 1. The molecule has 0 fully saturated rings. The van der Waals surface area contributed by atoms with E-state index in [1.165, 1.54) is 29.5 Å². The van der Waals surface area contributed by atoms with Gasteiger partial charge in [-0.1, -0.05) is 24.3 Å². The number of nitrogens with zero attached hydrogens (tertiary/aromatic N) is 2. The second kappa shape index (κ2) is 8.64. The van der Waals surface area contributed by atoms with Crippen molar-refractivity contribution in [3.63, 3.8) is 0 Å². The van der Waals surface area contributed by atoms with E-state index < -0.39 is 31.9 Å². The smallest absolute Gasteiger partial charge is 0.279 e. The highest BCUT2D eigenvalue weighted by Gasteiger charge is 2.38. The minimum Gasteiger partial charge on any atom is -0.284 e. The van der Waals surface area contributed by atoms with Crippen LogP contribution < -0.4 is 4.72 Å². The fourth-order valence-corrected chi connectivity index (χ4v) is 6.27. The van der Waals surface area contributed by atoms with Crippen molar-refractivity contribution < 1.29 is 21.2 Å². The number of nitrogens with one attached hydrogen (secondary N) is 1. The zero-order chi connectivity index (χ0) is 22.9. The third-order valence-electron chi connectivity index (χ3n) is 4.96. The molecule has 0 saturated heterocycles. The van der Waals surface area contributed by atoms with Gasteiger partial charge in [-0.2, -0.15) is 17.9 Å². The Bertz CT molecular complexity index is 1350. The van der Waals surface area contributed by atoms with Gasteiger partial charge in [0, 0.05) is 17.0 Å². The maximum atomic E-state index is 13.7. The average Bonchev–Trinajstić information content (AvgIpc) is 3.44. The van der Waals surface area contributed by atoms with Gasteiger partial charge in [0.1, 0.15) is 11.9 Å². The lowest BCUT2D eigenvalue weighted by Gasteiger charge is -2.22. The Kier molecular flexibility index (Phi) is 6.06. The lowest BCUT2D eigenvalue weighted by Crippen LogP contribution is -2.27. The van der Waals surface area contributed by atoms with Crippen molar-refractivity contribution in [2.24, 2.45) is 5.10 Å². The monoisotopic (exact) mass is 493 g/mol. The van der Waals surface area contributed by atoms with Crippen LogP contribution in [-0.2, 0) is 20.0 Å². The molecule has 3 aromatic rings. The van der Waals surface area contributed by atoms with E-state index in [0.717, 1.165) is 15.4 Å². The first-order chi connectivity index (χ1) is 15.2. The molecule has 0 radical (unpaired) electrons. The summed E-state index contributed by atoms with van der Waals surface area (Å²) in [5.74, 6) is -0.691. The predicted octanol–water partition coefficient (Wildman–Crippen LogP) is 4.19. The van der Waals surface area contributed by atoms with Gasteiger partial charge in [0.2, 0.25) is 10.0 Å². The summed E-state index contributed by atoms with van der Waals surface area (Å²) in [6.07, 6.45) is 0.328. The molecule has 32 heavy (non-hydrogen) atoms. The molecule has 1 N–H and O–H groups in total. The van der Waals surface area contributed by atoms with E-state index >= 15 is 0 Å². The Morgan fingerprint density at radius 1 is 1.09 bits per heavy atom. The Morgan fingerprint density at radius 2 is 1.84 bits per heavy atom. The standard InChI is InChI=1S/C21H20FN3O4S3/c1-2-31(26,27)24-17-10-8-15(9-11-17)19-14-20(21-7-4-12-30-21)25(23-19)32(28,29)18-6-3-5-16(22)13-18/h3-13,20,24H,2,14H2,1H3/t20-/m0/s1. The topological polar surface area (TPSA) is 95.9 Å². The van der Waals surface area contributed by atoms with Gasteiger partial charge in [-0.3, -0.25) is 4.72 Å². The first-order valence-corrected chi connectivity index (χ1v) is 13.7. The van der Waals surface area contributed by atoms with Gasteiger partial charge in [0.15, 0.2) is 0 Å². The van der Waals surface area contributed by atoms with E-state index in [2.05, 4.69) is 9.82 Å². The zero-order valence-electron chi connectivity index (χ0n) is 17.0. The third-order valence-corrected chi connectivity index (χ3v) is 8.91. The highest BCUT2D eigenvalue weighted by molar-refractivity contribution is 7.92. The molecule has 7 nitrogen and oxygen atoms in total. The largest absolute Gasteiger partial charge is 0.284 e. The Hall–Kier alpha value is -2.76. The van der Waals surface area contributed by atoms with Crippen molar-refractivity contribution in [2.45, 2.75) is 24.3 Å². The summed E-state index contributed by atoms with van der Waals surface area (Å²) >= 11 is 1.42. The summed E-state index contributed by atoms with van der Waals surface area (Å²) in [4.78, 5) is 0.643. The normalized spacial score (nSPS) is 16.8. The minimum absolute atomic E-state index is 0.0448. The van der Waals surface area contributed by atoms with Gasteiger partial charge in [-0.15, -0.1) is 11.3 Å². The number of hydrogen-bond donors (Lipinski definition) is 1. The molecule has 11 heteroatoms. The minimum atomic E-state index is -4.09. The van der Waals surface area contributed by atoms with Crippen LogP contribution in [-0.4, -0.2) is 32.7 Å². The van der Waals surface area contributed by atoms with Gasteiger partial charge in [0.25, 0.3) is 10.0 Å². The molecule has 0 bridgehead atoms. The molecule has 1 aliphatic heterocycles.